The van der Waals surface area contributed by atoms with E-state index in [1.165, 1.54) is 0 Å². The van der Waals surface area contributed by atoms with Gasteiger partial charge in [0.15, 0.2) is 0 Å². The Balaban J connectivity index is 1.34. The first-order valence-electron chi connectivity index (χ1n) is 16.2. The van der Waals surface area contributed by atoms with Gasteiger partial charge in [-0.3, -0.25) is 9.59 Å². The van der Waals surface area contributed by atoms with E-state index < -0.39 is 5.60 Å². The van der Waals surface area contributed by atoms with Crippen molar-refractivity contribution in [2.45, 2.75) is 85.6 Å². The molecule has 0 radical (unpaired) electrons. The number of nitrogens with one attached hydrogen (secondary N) is 3. The van der Waals surface area contributed by atoms with Crippen LogP contribution in [0.2, 0.25) is 0 Å². The highest BCUT2D eigenvalue weighted by molar-refractivity contribution is 7.15. The zero-order valence-electron chi connectivity index (χ0n) is 28.2. The van der Waals surface area contributed by atoms with Crippen LogP contribution in [0, 0.1) is 20.8 Å². The maximum Gasteiger partial charge on any atom is 0.410 e. The van der Waals surface area contributed by atoms with Gasteiger partial charge in [-0.25, -0.2) is 9.78 Å². The summed E-state index contributed by atoms with van der Waals surface area (Å²) in [4.78, 5) is 49.8. The number of hydrogen-bond acceptors (Lipinski definition) is 8. The Kier molecular flexibility index (Phi) is 9.03. The lowest BCUT2D eigenvalue weighted by Gasteiger charge is -2.31. The normalized spacial score (nSPS) is 17.4. The summed E-state index contributed by atoms with van der Waals surface area (Å²) in [5.41, 5.74) is 6.66. The van der Waals surface area contributed by atoms with E-state index in [1.54, 1.807) is 16.2 Å². The Morgan fingerprint density at radius 3 is 2.70 bits per heavy atom. The molecule has 1 fully saturated rings. The summed E-state index contributed by atoms with van der Waals surface area (Å²) in [5.74, 6) is -0.261. The fourth-order valence-electron chi connectivity index (χ4n) is 6.54. The first-order chi connectivity index (χ1) is 22.3. The molecule has 2 atom stereocenters. The van der Waals surface area contributed by atoms with Crippen molar-refractivity contribution in [3.05, 3.63) is 79.0 Å². The van der Waals surface area contributed by atoms with Crippen molar-refractivity contribution < 1.29 is 19.1 Å². The molecule has 6 rings (SSSR count). The highest BCUT2D eigenvalue weighted by Crippen LogP contribution is 2.36. The van der Waals surface area contributed by atoms with Crippen LogP contribution in [0.3, 0.4) is 0 Å². The fraction of sp³-hybridized carbons (Fsp3) is 0.486. The lowest BCUT2D eigenvalue weighted by molar-refractivity contribution is 0.0135. The van der Waals surface area contributed by atoms with E-state index in [9.17, 15) is 14.4 Å². The molecule has 0 spiro atoms. The monoisotopic (exact) mass is 660 g/mol. The van der Waals surface area contributed by atoms with Crippen molar-refractivity contribution in [1.29, 1.82) is 0 Å². The maximum absolute atomic E-state index is 13.8. The maximum atomic E-state index is 13.8. The van der Waals surface area contributed by atoms with Crippen LogP contribution in [-0.4, -0.2) is 69.2 Å². The van der Waals surface area contributed by atoms with Crippen LogP contribution in [0.15, 0.2) is 29.2 Å². The number of aromatic nitrogens is 3. The molecule has 11 nitrogen and oxygen atoms in total. The van der Waals surface area contributed by atoms with Gasteiger partial charge in [-0.2, -0.15) is 0 Å². The minimum Gasteiger partial charge on any atom is -0.444 e. The Bertz CT molecular complexity index is 1890. The number of aromatic amines is 1. The van der Waals surface area contributed by atoms with Crippen molar-refractivity contribution >= 4 is 28.9 Å². The quantitative estimate of drug-likeness (QED) is 0.266. The van der Waals surface area contributed by atoms with Crippen LogP contribution < -0.4 is 16.2 Å². The third kappa shape index (κ3) is 6.86. The van der Waals surface area contributed by atoms with Crippen molar-refractivity contribution in [3.8, 4) is 10.6 Å². The molecular weight excluding hydrogens is 616 g/mol. The lowest BCUT2D eigenvalue weighted by atomic mass is 9.92. The topological polar surface area (TPSA) is 130 Å². The number of rotatable bonds is 6. The van der Waals surface area contributed by atoms with Crippen LogP contribution in [0.5, 0.6) is 0 Å². The van der Waals surface area contributed by atoms with Crippen molar-refractivity contribution in [3.63, 3.8) is 0 Å². The predicted octanol–water partition coefficient (Wildman–Crippen LogP) is 4.99. The number of nitrogens with zero attached hydrogens (tertiary/aromatic N) is 3. The molecule has 2 aliphatic heterocycles. The summed E-state index contributed by atoms with van der Waals surface area (Å²) in [6.45, 7) is 16.8. The van der Waals surface area contributed by atoms with Crippen molar-refractivity contribution in [2.24, 2.45) is 0 Å². The molecule has 47 heavy (non-hydrogen) atoms. The van der Waals surface area contributed by atoms with Gasteiger partial charge in [0.1, 0.15) is 10.6 Å². The van der Waals surface area contributed by atoms with Gasteiger partial charge >= 0.3 is 6.09 Å². The highest BCUT2D eigenvalue weighted by Gasteiger charge is 2.30. The third-order valence-electron chi connectivity index (χ3n) is 8.93. The summed E-state index contributed by atoms with van der Waals surface area (Å²) in [7, 11) is 0. The second kappa shape index (κ2) is 12.9. The Labute approximate surface area is 278 Å². The van der Waals surface area contributed by atoms with E-state index in [1.807, 2.05) is 53.7 Å². The molecule has 2 amide bonds. The number of pyridine rings is 2. The fourth-order valence-corrected chi connectivity index (χ4v) is 7.64. The molecular formula is C35H44N6O5S. The summed E-state index contributed by atoms with van der Waals surface area (Å²) in [5, 5.41) is 7.31. The Hall–Kier alpha value is -4.00. The van der Waals surface area contributed by atoms with E-state index in [0.717, 1.165) is 62.3 Å². The Morgan fingerprint density at radius 1 is 1.21 bits per heavy atom. The van der Waals surface area contributed by atoms with Gasteiger partial charge in [0.25, 0.3) is 11.5 Å². The zero-order chi connectivity index (χ0) is 33.6. The van der Waals surface area contributed by atoms with Crippen LogP contribution in [0.4, 0.5) is 4.79 Å². The second-order valence-corrected chi connectivity index (χ2v) is 14.7. The van der Waals surface area contributed by atoms with Gasteiger partial charge in [0.05, 0.1) is 24.9 Å². The van der Waals surface area contributed by atoms with E-state index in [2.05, 4.69) is 39.2 Å². The van der Waals surface area contributed by atoms with Gasteiger partial charge in [-0.05, 0) is 70.9 Å². The molecule has 0 saturated carbocycles. The van der Waals surface area contributed by atoms with Gasteiger partial charge in [0, 0.05) is 83.2 Å². The summed E-state index contributed by atoms with van der Waals surface area (Å²) in [6.07, 6.45) is 2.39. The molecule has 4 aromatic heterocycles. The number of carbonyl (C=O) groups excluding carboxylic acids is 2. The van der Waals surface area contributed by atoms with Gasteiger partial charge in [-0.1, -0.05) is 6.92 Å². The number of aryl methyl sites for hydroxylation is 2. The molecule has 4 aromatic rings. The van der Waals surface area contributed by atoms with Crippen LogP contribution in [0.25, 0.3) is 16.1 Å². The number of hydrogen-bond donors (Lipinski definition) is 3. The molecule has 12 heteroatoms. The number of morpholine rings is 1. The molecule has 2 aliphatic rings. The average molecular weight is 661 g/mol. The van der Waals surface area contributed by atoms with Gasteiger partial charge in [-0.15, -0.1) is 11.3 Å². The van der Waals surface area contributed by atoms with Crippen LogP contribution in [0.1, 0.15) is 82.6 Å². The van der Waals surface area contributed by atoms with Crippen LogP contribution in [-0.2, 0) is 29.0 Å². The number of H-pyrrole nitrogens is 1. The summed E-state index contributed by atoms with van der Waals surface area (Å²) in [6, 6.07) is 5.89. The lowest BCUT2D eigenvalue weighted by Crippen LogP contribution is -2.41. The smallest absolute Gasteiger partial charge is 0.410 e. The average Bonchev–Trinajstić information content (AvgIpc) is 3.63. The Morgan fingerprint density at radius 2 is 2.00 bits per heavy atom. The molecule has 0 aromatic carbocycles. The highest BCUT2D eigenvalue weighted by atomic mass is 32.1. The molecule has 250 valence electrons. The first-order valence-corrected chi connectivity index (χ1v) is 17.0. The minimum atomic E-state index is -0.554. The SMILES string of the molecule is Cc1cc(C)c(CNC(=O)c2cc3cc(-c4nc5c(s4)CN(C(=O)OC(C)(C)C)CC5)cn3c(C(C)C3CNCCO3)c2C)c(=O)[nH]1. The number of carbonyl (C=O) groups is 2. The number of fused-ring (bicyclic) bond motifs is 2. The zero-order valence-corrected chi connectivity index (χ0v) is 29.0. The number of ether oxygens (including phenoxy) is 2. The molecule has 0 aliphatic carbocycles. The molecule has 3 N–H and O–H groups in total. The van der Waals surface area contributed by atoms with Crippen LogP contribution >= 0.6 is 11.3 Å². The molecule has 2 unspecified atom stereocenters. The van der Waals surface area contributed by atoms with Gasteiger partial charge < -0.3 is 34.4 Å². The largest absolute Gasteiger partial charge is 0.444 e. The third-order valence-corrected chi connectivity index (χ3v) is 10.1. The number of thiazole rings is 1. The van der Waals surface area contributed by atoms with E-state index in [0.29, 0.717) is 37.2 Å². The van der Waals surface area contributed by atoms with Gasteiger partial charge in [0.2, 0.25) is 0 Å². The first kappa shape index (κ1) is 32.9. The predicted molar refractivity (Wildman–Crippen MR) is 182 cm³/mol. The van der Waals surface area contributed by atoms with E-state index in [4.69, 9.17) is 14.5 Å². The number of amides is 2. The minimum absolute atomic E-state index is 0.0209. The van der Waals surface area contributed by atoms with E-state index >= 15 is 0 Å². The standard InChI is InChI=1S/C35H44N6O5S/c1-19-12-20(2)38-32(43)26(19)15-37-31(42)25-14-24-13-23(17-41(24)30(21(25)3)22(4)28-16-36-9-11-45-28)33-39-27-8-10-40(18-29(27)47-33)34(44)46-35(5,6)7/h12-14,17,22,28,36H,8-11,15-16,18H2,1-7H3,(H,37,42)(H,38,43). The van der Waals surface area contributed by atoms with Crippen molar-refractivity contribution in [2.75, 3.05) is 26.2 Å². The summed E-state index contributed by atoms with van der Waals surface area (Å²) >= 11 is 1.59. The molecule has 6 heterocycles. The molecule has 1 saturated heterocycles. The van der Waals surface area contributed by atoms with E-state index in [-0.39, 0.29) is 36.1 Å². The molecule has 0 bridgehead atoms. The van der Waals surface area contributed by atoms with Crippen molar-refractivity contribution in [1.82, 2.24) is 29.9 Å². The summed E-state index contributed by atoms with van der Waals surface area (Å²) < 4.78 is 14.0. The second-order valence-electron chi connectivity index (χ2n) is 13.7.